The minimum atomic E-state index is -0.657. The van der Waals surface area contributed by atoms with E-state index in [1.54, 1.807) is 4.90 Å². The largest absolute Gasteiger partial charge is 0.469 e. The molecule has 5 heteroatoms. The molecule has 2 bridgehead atoms. The number of methoxy groups -OCH3 is 1. The number of rotatable bonds is 3. The second-order valence-electron chi connectivity index (χ2n) is 6.10. The molecule has 2 unspecified atom stereocenters. The minimum absolute atomic E-state index is 0.0221. The molecule has 0 aromatic heterocycles. The van der Waals surface area contributed by atoms with Gasteiger partial charge in [-0.05, 0) is 5.56 Å². The lowest BCUT2D eigenvalue weighted by Crippen LogP contribution is -2.39. The Hall–Kier alpha value is -2.14. The average molecular weight is 299 g/mol. The SMILES string of the molecule is COC(=O)C1[C@H]2C=CC3(CN(Cc4ccccc4)C(=O)[C@@H]13)O2. The third-order valence-electron chi connectivity index (χ3n) is 4.87. The summed E-state index contributed by atoms with van der Waals surface area (Å²) in [6.07, 6.45) is 3.50. The Balaban J connectivity index is 1.62. The second-order valence-corrected chi connectivity index (χ2v) is 6.10. The van der Waals surface area contributed by atoms with Gasteiger partial charge in [-0.15, -0.1) is 0 Å². The van der Waals surface area contributed by atoms with Crippen molar-refractivity contribution < 1.29 is 19.1 Å². The van der Waals surface area contributed by atoms with Crippen molar-refractivity contribution in [2.24, 2.45) is 11.8 Å². The van der Waals surface area contributed by atoms with Gasteiger partial charge in [0.05, 0.1) is 25.7 Å². The Kier molecular flexibility index (Phi) is 2.87. The number of esters is 1. The summed E-state index contributed by atoms with van der Waals surface area (Å²) in [6, 6.07) is 9.84. The molecular formula is C17H17NO4. The number of carbonyl (C=O) groups is 2. The van der Waals surface area contributed by atoms with E-state index < -0.39 is 17.4 Å². The summed E-state index contributed by atoms with van der Waals surface area (Å²) in [5.74, 6) is -1.37. The van der Waals surface area contributed by atoms with Crippen LogP contribution in [0.25, 0.3) is 0 Å². The first kappa shape index (κ1) is 13.5. The van der Waals surface area contributed by atoms with Gasteiger partial charge in [0.25, 0.3) is 0 Å². The number of hydrogen-bond donors (Lipinski definition) is 0. The van der Waals surface area contributed by atoms with E-state index in [2.05, 4.69) is 0 Å². The van der Waals surface area contributed by atoms with Gasteiger partial charge in [0.15, 0.2) is 0 Å². The molecule has 0 N–H and O–H groups in total. The molecule has 0 radical (unpaired) electrons. The van der Waals surface area contributed by atoms with Gasteiger partial charge in [0.1, 0.15) is 11.5 Å². The lowest BCUT2D eigenvalue weighted by molar-refractivity contribution is -0.151. The third-order valence-corrected chi connectivity index (χ3v) is 4.87. The van der Waals surface area contributed by atoms with Crippen LogP contribution < -0.4 is 0 Å². The number of amides is 1. The van der Waals surface area contributed by atoms with Crippen molar-refractivity contribution in [3.05, 3.63) is 48.0 Å². The summed E-state index contributed by atoms with van der Waals surface area (Å²) in [5, 5.41) is 0. The van der Waals surface area contributed by atoms with E-state index in [-0.39, 0.29) is 18.0 Å². The molecule has 0 saturated carbocycles. The highest BCUT2D eigenvalue weighted by Crippen LogP contribution is 2.52. The van der Waals surface area contributed by atoms with Gasteiger partial charge in [-0.2, -0.15) is 0 Å². The van der Waals surface area contributed by atoms with E-state index in [9.17, 15) is 9.59 Å². The third kappa shape index (κ3) is 1.75. The zero-order valence-electron chi connectivity index (χ0n) is 12.3. The molecule has 22 heavy (non-hydrogen) atoms. The average Bonchev–Trinajstić information content (AvgIpc) is 3.16. The highest BCUT2D eigenvalue weighted by atomic mass is 16.5. The first-order valence-corrected chi connectivity index (χ1v) is 7.42. The molecule has 4 rings (SSSR count). The molecule has 3 aliphatic rings. The summed E-state index contributed by atoms with van der Waals surface area (Å²) in [7, 11) is 1.35. The second kappa shape index (κ2) is 4.68. The van der Waals surface area contributed by atoms with Crippen molar-refractivity contribution in [3.63, 3.8) is 0 Å². The molecule has 1 aromatic carbocycles. The highest BCUT2D eigenvalue weighted by Gasteiger charge is 2.67. The molecule has 114 valence electrons. The fourth-order valence-corrected chi connectivity index (χ4v) is 3.92. The van der Waals surface area contributed by atoms with E-state index >= 15 is 0 Å². The summed E-state index contributed by atoms with van der Waals surface area (Å²) < 4.78 is 10.9. The van der Waals surface area contributed by atoms with Crippen molar-refractivity contribution in [2.75, 3.05) is 13.7 Å². The zero-order valence-corrected chi connectivity index (χ0v) is 12.3. The van der Waals surface area contributed by atoms with Crippen LogP contribution in [0.2, 0.25) is 0 Å². The number of carbonyl (C=O) groups excluding carboxylic acids is 2. The van der Waals surface area contributed by atoms with Crippen LogP contribution in [-0.4, -0.2) is 42.1 Å². The lowest BCUT2D eigenvalue weighted by Gasteiger charge is -2.22. The lowest BCUT2D eigenvalue weighted by atomic mass is 9.77. The van der Waals surface area contributed by atoms with Crippen LogP contribution in [0.5, 0.6) is 0 Å². The van der Waals surface area contributed by atoms with E-state index in [4.69, 9.17) is 9.47 Å². The van der Waals surface area contributed by atoms with Crippen molar-refractivity contribution in [1.29, 1.82) is 0 Å². The highest BCUT2D eigenvalue weighted by molar-refractivity contribution is 5.91. The van der Waals surface area contributed by atoms with Crippen LogP contribution in [0.15, 0.2) is 42.5 Å². The van der Waals surface area contributed by atoms with Crippen molar-refractivity contribution in [3.8, 4) is 0 Å². The van der Waals surface area contributed by atoms with Gasteiger partial charge in [-0.3, -0.25) is 9.59 Å². The van der Waals surface area contributed by atoms with E-state index in [1.807, 2.05) is 42.5 Å². The van der Waals surface area contributed by atoms with Crippen molar-refractivity contribution in [1.82, 2.24) is 4.90 Å². The van der Waals surface area contributed by atoms with Crippen LogP contribution in [0, 0.1) is 11.8 Å². The van der Waals surface area contributed by atoms with Gasteiger partial charge in [0, 0.05) is 6.54 Å². The van der Waals surface area contributed by atoms with Gasteiger partial charge in [-0.25, -0.2) is 0 Å². The van der Waals surface area contributed by atoms with Crippen molar-refractivity contribution in [2.45, 2.75) is 18.2 Å². The zero-order chi connectivity index (χ0) is 15.3. The van der Waals surface area contributed by atoms with Crippen molar-refractivity contribution >= 4 is 11.9 Å². The quantitative estimate of drug-likeness (QED) is 0.620. The Labute approximate surface area is 128 Å². The number of fused-ring (bicyclic) bond motifs is 1. The number of ether oxygens (including phenoxy) is 2. The maximum atomic E-state index is 12.8. The number of hydrogen-bond acceptors (Lipinski definition) is 4. The molecule has 1 aromatic rings. The van der Waals surface area contributed by atoms with Crippen LogP contribution in [0.3, 0.4) is 0 Å². The minimum Gasteiger partial charge on any atom is -0.469 e. The maximum Gasteiger partial charge on any atom is 0.312 e. The van der Waals surface area contributed by atoms with Gasteiger partial charge >= 0.3 is 5.97 Å². The molecular weight excluding hydrogens is 282 g/mol. The molecule has 4 atom stereocenters. The smallest absolute Gasteiger partial charge is 0.312 e. The molecule has 5 nitrogen and oxygen atoms in total. The summed E-state index contributed by atoms with van der Waals surface area (Å²) in [5.41, 5.74) is 0.412. The normalized spacial score (nSPS) is 35.0. The first-order valence-electron chi connectivity index (χ1n) is 7.42. The molecule has 2 saturated heterocycles. The van der Waals surface area contributed by atoms with E-state index in [0.29, 0.717) is 13.1 Å². The van der Waals surface area contributed by atoms with Crippen LogP contribution in [-0.2, 0) is 25.6 Å². The molecule has 0 aliphatic carbocycles. The Bertz CT molecular complexity index is 656. The molecule has 3 heterocycles. The predicted molar refractivity (Wildman–Crippen MR) is 77.6 cm³/mol. The maximum absolute atomic E-state index is 12.8. The van der Waals surface area contributed by atoms with Crippen LogP contribution >= 0.6 is 0 Å². The predicted octanol–water partition coefficient (Wildman–Crippen LogP) is 1.14. The fourth-order valence-electron chi connectivity index (χ4n) is 3.92. The molecule has 1 amide bonds. The molecule has 2 fully saturated rings. The number of benzene rings is 1. The van der Waals surface area contributed by atoms with E-state index in [1.165, 1.54) is 7.11 Å². The van der Waals surface area contributed by atoms with Gasteiger partial charge in [-0.1, -0.05) is 42.5 Å². The van der Waals surface area contributed by atoms with Gasteiger partial charge < -0.3 is 14.4 Å². The Morgan fingerprint density at radius 1 is 1.41 bits per heavy atom. The topological polar surface area (TPSA) is 55.8 Å². The molecule has 1 spiro atoms. The van der Waals surface area contributed by atoms with Crippen LogP contribution in [0.4, 0.5) is 0 Å². The summed E-state index contributed by atoms with van der Waals surface area (Å²) >= 11 is 0. The molecule has 3 aliphatic heterocycles. The Morgan fingerprint density at radius 2 is 2.18 bits per heavy atom. The Morgan fingerprint density at radius 3 is 2.91 bits per heavy atom. The van der Waals surface area contributed by atoms with E-state index in [0.717, 1.165) is 5.56 Å². The standard InChI is InChI=1S/C17H17NO4/c1-21-16(20)13-12-7-8-17(22-12)10-18(15(19)14(13)17)9-11-5-3-2-4-6-11/h2-8,12-14H,9-10H2,1H3/t12-,13?,14-,17?/m1/s1. The fraction of sp³-hybridized carbons (Fsp3) is 0.412. The first-order chi connectivity index (χ1) is 10.6. The van der Waals surface area contributed by atoms with Crippen LogP contribution in [0.1, 0.15) is 5.56 Å². The number of nitrogens with zero attached hydrogens (tertiary/aromatic N) is 1. The number of likely N-dealkylation sites (tertiary alicyclic amines) is 1. The summed E-state index contributed by atoms with van der Waals surface area (Å²) in [6.45, 7) is 1.03. The summed E-state index contributed by atoms with van der Waals surface area (Å²) in [4.78, 5) is 26.6. The monoisotopic (exact) mass is 299 g/mol. The van der Waals surface area contributed by atoms with Gasteiger partial charge in [0.2, 0.25) is 5.91 Å².